The summed E-state index contributed by atoms with van der Waals surface area (Å²) >= 11 is 1.64. The fourth-order valence-electron chi connectivity index (χ4n) is 3.77. The maximum Gasteiger partial charge on any atom is 0.415 e. The van der Waals surface area contributed by atoms with Gasteiger partial charge in [0.25, 0.3) is 0 Å². The number of aromatic nitrogens is 5. The Morgan fingerprint density at radius 2 is 2.00 bits per heavy atom. The molecular formula is C22H26N6O2S. The molecule has 0 bridgehead atoms. The van der Waals surface area contributed by atoms with Gasteiger partial charge in [-0.2, -0.15) is 0 Å². The van der Waals surface area contributed by atoms with E-state index in [1.807, 2.05) is 49.4 Å². The molecule has 1 N–H and O–H groups in total. The van der Waals surface area contributed by atoms with Crippen LogP contribution in [-0.2, 0) is 6.42 Å². The number of carbonyl (C=O) groups is 1. The molecule has 1 atom stereocenters. The molecule has 1 unspecified atom stereocenters. The highest BCUT2D eigenvalue weighted by Crippen LogP contribution is 2.31. The number of aryl methyl sites for hydroxylation is 1. The maximum atomic E-state index is 12.6. The van der Waals surface area contributed by atoms with E-state index in [1.54, 1.807) is 16.7 Å². The number of hydrogen-bond acceptors (Lipinski definition) is 7. The Kier molecular flexibility index (Phi) is 6.81. The zero-order valence-electron chi connectivity index (χ0n) is 17.7. The number of benzene rings is 1. The van der Waals surface area contributed by atoms with E-state index in [9.17, 15) is 4.79 Å². The Morgan fingerprint density at radius 3 is 2.68 bits per heavy atom. The minimum Gasteiger partial charge on any atom is -0.410 e. The van der Waals surface area contributed by atoms with Gasteiger partial charge in [-0.25, -0.2) is 9.89 Å². The van der Waals surface area contributed by atoms with Gasteiger partial charge in [-0.1, -0.05) is 36.9 Å². The third-order valence-electron chi connectivity index (χ3n) is 5.54. The molecular weight excluding hydrogens is 412 g/mol. The molecule has 3 aromatic rings. The molecule has 4 rings (SSSR count). The first-order valence-corrected chi connectivity index (χ1v) is 11.3. The standard InChI is InChI=1S/C22H26N6O2S/c1-15-4-3-5-19(23-15)14-17-6-8-20(9-7-17)30-22(29)28-12-10-18(11-13-28)16(2)31-21-24-26-27-25-21/h3-9,16,18H,10-14H2,1-2H3,(H,24,25,26,27). The summed E-state index contributed by atoms with van der Waals surface area (Å²) in [5.74, 6) is 1.07. The molecule has 0 radical (unpaired) electrons. The Bertz CT molecular complexity index is 988. The van der Waals surface area contributed by atoms with Gasteiger partial charge < -0.3 is 9.64 Å². The summed E-state index contributed by atoms with van der Waals surface area (Å²) in [7, 11) is 0. The summed E-state index contributed by atoms with van der Waals surface area (Å²) in [6.07, 6.45) is 2.34. The summed E-state index contributed by atoms with van der Waals surface area (Å²) in [4.78, 5) is 18.9. The number of nitrogens with one attached hydrogen (secondary N) is 1. The van der Waals surface area contributed by atoms with E-state index in [-0.39, 0.29) is 6.09 Å². The molecule has 0 aliphatic carbocycles. The minimum absolute atomic E-state index is 0.286. The fraction of sp³-hybridized carbons (Fsp3) is 0.409. The first-order valence-electron chi connectivity index (χ1n) is 10.5. The quantitative estimate of drug-likeness (QED) is 0.583. The van der Waals surface area contributed by atoms with Crippen LogP contribution in [0.3, 0.4) is 0 Å². The summed E-state index contributed by atoms with van der Waals surface area (Å²) in [5.41, 5.74) is 3.17. The smallest absolute Gasteiger partial charge is 0.410 e. The van der Waals surface area contributed by atoms with E-state index in [1.165, 1.54) is 0 Å². The molecule has 9 heteroatoms. The maximum absolute atomic E-state index is 12.6. The van der Waals surface area contributed by atoms with Gasteiger partial charge in [-0.05, 0) is 65.9 Å². The molecule has 0 spiro atoms. The number of carbonyl (C=O) groups excluding carboxylic acids is 1. The SMILES string of the molecule is Cc1cccc(Cc2ccc(OC(=O)N3CCC(C(C)Sc4nnn[nH]4)CC3)cc2)n1. The highest BCUT2D eigenvalue weighted by molar-refractivity contribution is 7.99. The Labute approximate surface area is 185 Å². The Morgan fingerprint density at radius 1 is 1.23 bits per heavy atom. The number of ether oxygens (including phenoxy) is 1. The highest BCUT2D eigenvalue weighted by Gasteiger charge is 2.28. The van der Waals surface area contributed by atoms with E-state index in [4.69, 9.17) is 4.74 Å². The van der Waals surface area contributed by atoms with Crippen molar-refractivity contribution in [3.63, 3.8) is 0 Å². The lowest BCUT2D eigenvalue weighted by molar-refractivity contribution is 0.131. The summed E-state index contributed by atoms with van der Waals surface area (Å²) in [6.45, 7) is 5.56. The van der Waals surface area contributed by atoms with Crippen LogP contribution in [0.15, 0.2) is 47.6 Å². The monoisotopic (exact) mass is 438 g/mol. The molecule has 3 heterocycles. The molecule has 1 fully saturated rings. The van der Waals surface area contributed by atoms with Crippen molar-refractivity contribution in [1.82, 2.24) is 30.5 Å². The number of pyridine rings is 1. The second-order valence-electron chi connectivity index (χ2n) is 7.81. The topological polar surface area (TPSA) is 96.9 Å². The first-order chi connectivity index (χ1) is 15.1. The third-order valence-corrected chi connectivity index (χ3v) is 6.70. The number of H-pyrrole nitrogens is 1. The molecule has 2 aromatic heterocycles. The largest absolute Gasteiger partial charge is 0.415 e. The fourth-order valence-corrected chi connectivity index (χ4v) is 4.77. The van der Waals surface area contributed by atoms with Crippen LogP contribution in [0, 0.1) is 12.8 Å². The van der Waals surface area contributed by atoms with E-state index < -0.39 is 0 Å². The van der Waals surface area contributed by atoms with Crippen LogP contribution in [0.25, 0.3) is 0 Å². The van der Waals surface area contributed by atoms with Crippen molar-refractivity contribution in [1.29, 1.82) is 0 Å². The van der Waals surface area contributed by atoms with Crippen molar-refractivity contribution in [2.75, 3.05) is 13.1 Å². The lowest BCUT2D eigenvalue weighted by Gasteiger charge is -2.33. The van der Waals surface area contributed by atoms with Crippen LogP contribution in [0.1, 0.15) is 36.7 Å². The van der Waals surface area contributed by atoms with Gasteiger partial charge in [0, 0.05) is 36.1 Å². The van der Waals surface area contributed by atoms with Gasteiger partial charge in [0.05, 0.1) is 0 Å². The number of nitrogens with zero attached hydrogens (tertiary/aromatic N) is 5. The summed E-state index contributed by atoms with van der Waals surface area (Å²) in [5, 5.41) is 15.0. The molecule has 1 amide bonds. The predicted molar refractivity (Wildman–Crippen MR) is 118 cm³/mol. The Balaban J connectivity index is 1.25. The van der Waals surface area contributed by atoms with E-state index in [0.29, 0.717) is 30.0 Å². The van der Waals surface area contributed by atoms with Crippen LogP contribution in [0.5, 0.6) is 5.75 Å². The van der Waals surface area contributed by atoms with Gasteiger partial charge in [0.15, 0.2) is 0 Å². The van der Waals surface area contributed by atoms with Crippen LogP contribution in [0.2, 0.25) is 0 Å². The van der Waals surface area contributed by atoms with Crippen molar-refractivity contribution in [3.8, 4) is 5.75 Å². The molecule has 31 heavy (non-hydrogen) atoms. The molecule has 162 valence electrons. The number of thioether (sulfide) groups is 1. The lowest BCUT2D eigenvalue weighted by atomic mass is 9.94. The molecule has 1 aromatic carbocycles. The van der Waals surface area contributed by atoms with Gasteiger partial charge >= 0.3 is 6.09 Å². The summed E-state index contributed by atoms with van der Waals surface area (Å²) in [6, 6.07) is 13.7. The van der Waals surface area contributed by atoms with Gasteiger partial charge in [0.1, 0.15) is 5.75 Å². The van der Waals surface area contributed by atoms with Crippen molar-refractivity contribution >= 4 is 17.9 Å². The van der Waals surface area contributed by atoms with Crippen LogP contribution < -0.4 is 4.74 Å². The van der Waals surface area contributed by atoms with Gasteiger partial charge in [0.2, 0.25) is 5.16 Å². The number of aromatic amines is 1. The number of rotatable bonds is 6. The van der Waals surface area contributed by atoms with E-state index >= 15 is 0 Å². The molecule has 1 saturated heterocycles. The number of amides is 1. The number of tetrazole rings is 1. The van der Waals surface area contributed by atoms with Crippen LogP contribution >= 0.6 is 11.8 Å². The average molecular weight is 439 g/mol. The van der Waals surface area contributed by atoms with Crippen molar-refractivity contribution in [2.45, 2.75) is 43.5 Å². The van der Waals surface area contributed by atoms with Crippen molar-refractivity contribution < 1.29 is 9.53 Å². The molecule has 1 aliphatic rings. The normalized spacial score (nSPS) is 15.6. The zero-order chi connectivity index (χ0) is 21.6. The lowest BCUT2D eigenvalue weighted by Crippen LogP contribution is -2.41. The van der Waals surface area contributed by atoms with E-state index in [2.05, 4.69) is 32.5 Å². The van der Waals surface area contributed by atoms with Crippen LogP contribution in [-0.4, -0.2) is 54.9 Å². The second kappa shape index (κ2) is 9.91. The van der Waals surface area contributed by atoms with Gasteiger partial charge in [-0.3, -0.25) is 4.98 Å². The molecule has 1 aliphatic heterocycles. The van der Waals surface area contributed by atoms with Crippen molar-refractivity contribution in [3.05, 3.63) is 59.4 Å². The number of hydrogen-bond donors (Lipinski definition) is 1. The molecule has 0 saturated carbocycles. The first kappa shape index (κ1) is 21.3. The van der Waals surface area contributed by atoms with Gasteiger partial charge in [-0.15, -0.1) is 5.10 Å². The van der Waals surface area contributed by atoms with Crippen LogP contribution in [0.4, 0.5) is 4.79 Å². The number of piperidine rings is 1. The van der Waals surface area contributed by atoms with E-state index in [0.717, 1.165) is 41.4 Å². The Hall–Kier alpha value is -2.94. The second-order valence-corrected chi connectivity index (χ2v) is 9.18. The molecule has 8 nitrogen and oxygen atoms in total. The number of likely N-dealkylation sites (tertiary alicyclic amines) is 1. The minimum atomic E-state index is -0.286. The average Bonchev–Trinajstić information content (AvgIpc) is 3.28. The summed E-state index contributed by atoms with van der Waals surface area (Å²) < 4.78 is 5.59. The van der Waals surface area contributed by atoms with Crippen molar-refractivity contribution in [2.24, 2.45) is 5.92 Å². The predicted octanol–water partition coefficient (Wildman–Crippen LogP) is 3.89. The highest BCUT2D eigenvalue weighted by atomic mass is 32.2. The third kappa shape index (κ3) is 5.81. The zero-order valence-corrected chi connectivity index (χ0v) is 18.5.